The maximum Gasteiger partial charge on any atom is 1.00 e. The standard InChI is InChI=1S/C24H32N2Si.C21H23BrN2.C4H8O.C4H9.C3H9ClSi.Li/c1-17(2)21-9-8-10-22(18(3)4)23(21)26-16-15-25-24(26)19-11-13-20(14-12-19)27(5,6)7;1-14(2)18-6-5-7-19(15(3)4)20(18)24-13-12-23-21(24)16-8-10-17(22)11-9-16;1-2-4-5-3-1;1-3-4-2;1-5(2,3)4;/h8-18H,1-7H3;5-15H,1-4H3;1-4H2;1,3-4H2,2H3;1-3H3;/q;;;-1;;+1. The molecule has 1 aliphatic heterocycles. The number of rotatable bonds is 10. The van der Waals surface area contributed by atoms with Crippen LogP contribution in [-0.2, 0) is 4.74 Å². The molecular formula is C56H81BrClLiN4OSi2. The number of halogens is 2. The first-order valence-electron chi connectivity index (χ1n) is 23.9. The topological polar surface area (TPSA) is 44.9 Å². The molecule has 0 bridgehead atoms. The quantitative estimate of drug-likeness (QED) is 0.0780. The fraction of sp³-hybridized carbons (Fsp3) is 0.446. The molecule has 0 N–H and O–H groups in total. The number of hydrogen-bond donors (Lipinski definition) is 0. The molecule has 0 unspecified atom stereocenters. The second kappa shape index (κ2) is 28.5. The molecule has 2 aromatic heterocycles. The van der Waals surface area contributed by atoms with Gasteiger partial charge in [-0.1, -0.05) is 202 Å². The van der Waals surface area contributed by atoms with Gasteiger partial charge in [0.1, 0.15) is 19.0 Å². The average Bonchev–Trinajstić information content (AvgIpc) is 4.08. The molecule has 1 saturated heterocycles. The summed E-state index contributed by atoms with van der Waals surface area (Å²) in [5.41, 5.74) is 10.3. The third-order valence-corrected chi connectivity index (χ3v) is 13.3. The van der Waals surface area contributed by atoms with Gasteiger partial charge in [-0.15, -0.1) is 0 Å². The van der Waals surface area contributed by atoms with Crippen LogP contribution >= 0.6 is 27.0 Å². The van der Waals surface area contributed by atoms with Gasteiger partial charge in [-0.05, 0) is 70.9 Å². The van der Waals surface area contributed by atoms with Gasteiger partial charge in [0.2, 0.25) is 0 Å². The van der Waals surface area contributed by atoms with Crippen molar-refractivity contribution < 1.29 is 23.6 Å². The predicted molar refractivity (Wildman–Crippen MR) is 295 cm³/mol. The fourth-order valence-electron chi connectivity index (χ4n) is 7.20. The van der Waals surface area contributed by atoms with E-state index in [9.17, 15) is 0 Å². The van der Waals surface area contributed by atoms with Crippen molar-refractivity contribution in [2.24, 2.45) is 0 Å². The molecule has 0 aliphatic carbocycles. The van der Waals surface area contributed by atoms with E-state index < -0.39 is 15.5 Å². The molecule has 1 fully saturated rings. The van der Waals surface area contributed by atoms with Gasteiger partial charge in [-0.2, -0.15) is 17.5 Å². The summed E-state index contributed by atoms with van der Waals surface area (Å²) in [6, 6.07) is 30.7. The van der Waals surface area contributed by atoms with Gasteiger partial charge >= 0.3 is 18.9 Å². The van der Waals surface area contributed by atoms with E-state index in [2.05, 4.69) is 236 Å². The number of imidazole rings is 2. The molecule has 1 aliphatic rings. The number of para-hydroxylation sites is 2. The monoisotopic (exact) mass is 1000 g/mol. The van der Waals surface area contributed by atoms with Gasteiger partial charge < -0.3 is 11.7 Å². The smallest absolute Gasteiger partial charge is 0.381 e. The van der Waals surface area contributed by atoms with Crippen LogP contribution in [0.4, 0.5) is 0 Å². The molecule has 6 aromatic rings. The Labute approximate surface area is 429 Å². The average molecular weight is 1000 g/mol. The molecule has 10 heteroatoms. The van der Waals surface area contributed by atoms with Gasteiger partial charge in [0.05, 0.1) is 19.4 Å². The number of hydrogen-bond acceptors (Lipinski definition) is 3. The van der Waals surface area contributed by atoms with E-state index in [1.807, 2.05) is 12.4 Å². The van der Waals surface area contributed by atoms with E-state index in [4.69, 9.17) is 20.8 Å². The van der Waals surface area contributed by atoms with Crippen molar-refractivity contribution in [2.45, 2.75) is 151 Å². The first kappa shape index (κ1) is 59.2. The van der Waals surface area contributed by atoms with Gasteiger partial charge in [0.15, 0.2) is 0 Å². The summed E-state index contributed by atoms with van der Waals surface area (Å²) >= 11 is 9.18. The van der Waals surface area contributed by atoms with Crippen LogP contribution in [0.5, 0.6) is 0 Å². The molecule has 0 atom stereocenters. The van der Waals surface area contributed by atoms with Crippen molar-refractivity contribution in [3.8, 4) is 34.2 Å². The Kier molecular flexibility index (Phi) is 25.6. The Balaban J connectivity index is 0.000000348. The first-order valence-corrected chi connectivity index (χ1v) is 32.7. The van der Waals surface area contributed by atoms with Gasteiger partial charge in [0.25, 0.3) is 0 Å². The second-order valence-corrected chi connectivity index (χ2v) is 33.5. The van der Waals surface area contributed by atoms with Crippen LogP contribution in [0.25, 0.3) is 34.2 Å². The molecule has 0 radical (unpaired) electrons. The normalized spacial score (nSPS) is 12.3. The summed E-state index contributed by atoms with van der Waals surface area (Å²) in [6.07, 6.45) is 12.8. The van der Waals surface area contributed by atoms with E-state index in [1.54, 1.807) is 0 Å². The predicted octanol–water partition coefficient (Wildman–Crippen LogP) is 14.4. The summed E-state index contributed by atoms with van der Waals surface area (Å²) < 4.78 is 10.6. The number of ether oxygens (including phenoxy) is 1. The van der Waals surface area contributed by atoms with Crippen LogP contribution < -0.4 is 24.0 Å². The zero-order valence-electron chi connectivity index (χ0n) is 43.6. The van der Waals surface area contributed by atoms with Crippen LogP contribution in [0.3, 0.4) is 0 Å². The maximum absolute atomic E-state index is 5.67. The Morgan fingerprint density at radius 1 is 0.606 bits per heavy atom. The fourth-order valence-corrected chi connectivity index (χ4v) is 8.63. The zero-order valence-corrected chi connectivity index (χ0v) is 47.9. The minimum Gasteiger partial charge on any atom is -0.381 e. The molecule has 7 rings (SSSR count). The molecule has 354 valence electrons. The van der Waals surface area contributed by atoms with Crippen molar-refractivity contribution in [3.05, 3.63) is 143 Å². The largest absolute Gasteiger partial charge is 1.00 e. The van der Waals surface area contributed by atoms with Crippen molar-refractivity contribution in [2.75, 3.05) is 13.2 Å². The van der Waals surface area contributed by atoms with E-state index in [0.29, 0.717) is 23.7 Å². The molecule has 5 nitrogen and oxygen atoms in total. The van der Waals surface area contributed by atoms with Gasteiger partial charge in [0, 0.05) is 53.6 Å². The van der Waals surface area contributed by atoms with Crippen molar-refractivity contribution >= 4 is 47.7 Å². The Morgan fingerprint density at radius 2 is 0.924 bits per heavy atom. The molecule has 0 saturated carbocycles. The van der Waals surface area contributed by atoms with E-state index in [-0.39, 0.29) is 18.9 Å². The SMILES string of the molecule is C1CCOC1.CC(C)c1cccc(C(C)C)c1-n1ccnc1-c1ccc(Br)cc1.CC(C)c1cccc(C(C)C)c1-n1ccnc1-c1ccc([Si](C)(C)C)cc1.C[Si](C)(C)Cl.[CH2-]CCC.[Li+]. The van der Waals surface area contributed by atoms with Crippen molar-refractivity contribution in [1.82, 2.24) is 19.1 Å². The third-order valence-electron chi connectivity index (χ3n) is 10.7. The minimum atomic E-state index is -1.29. The van der Waals surface area contributed by atoms with Gasteiger partial charge in [-0.3, -0.25) is 9.13 Å². The number of aromatic nitrogens is 4. The second-order valence-electron chi connectivity index (χ2n) is 20.0. The first-order chi connectivity index (χ1) is 30.6. The van der Waals surface area contributed by atoms with Crippen LogP contribution in [0.2, 0.25) is 39.3 Å². The third kappa shape index (κ3) is 18.5. The molecule has 4 aromatic carbocycles. The number of nitrogens with zero attached hydrogens (tertiary/aromatic N) is 4. The molecular weight excluding hydrogens is 923 g/mol. The maximum atomic E-state index is 5.67. The van der Waals surface area contributed by atoms with Crippen molar-refractivity contribution in [3.63, 3.8) is 0 Å². The summed E-state index contributed by atoms with van der Waals surface area (Å²) in [4.78, 5) is 9.37. The van der Waals surface area contributed by atoms with Crippen LogP contribution in [0.1, 0.15) is 134 Å². The zero-order chi connectivity index (χ0) is 48.5. The molecule has 0 amide bonds. The molecule has 0 spiro atoms. The number of unbranched alkanes of at least 4 members (excludes halogenated alkanes) is 1. The summed E-state index contributed by atoms with van der Waals surface area (Å²) in [6.45, 7) is 39.2. The molecule has 3 heterocycles. The van der Waals surface area contributed by atoms with Crippen LogP contribution in [0, 0.1) is 6.92 Å². The van der Waals surface area contributed by atoms with Crippen LogP contribution in [-0.4, -0.2) is 47.8 Å². The minimum absolute atomic E-state index is 0. The Morgan fingerprint density at radius 3 is 1.18 bits per heavy atom. The summed E-state index contributed by atoms with van der Waals surface area (Å²) in [7, 11) is -2.43. The Bertz CT molecular complexity index is 2220. The Hall–Kier alpha value is -2.94. The number of benzene rings is 4. The molecule has 66 heavy (non-hydrogen) atoms. The van der Waals surface area contributed by atoms with E-state index in [0.717, 1.165) is 41.3 Å². The summed E-state index contributed by atoms with van der Waals surface area (Å²) in [5.74, 6) is 3.84. The van der Waals surface area contributed by atoms with Gasteiger partial charge in [-0.25, -0.2) is 9.97 Å². The van der Waals surface area contributed by atoms with E-state index >= 15 is 0 Å². The van der Waals surface area contributed by atoms with Crippen LogP contribution in [0.15, 0.2) is 114 Å². The van der Waals surface area contributed by atoms with E-state index in [1.165, 1.54) is 63.6 Å². The van der Waals surface area contributed by atoms with Crippen molar-refractivity contribution in [1.29, 1.82) is 0 Å². The summed E-state index contributed by atoms with van der Waals surface area (Å²) in [5, 5.41) is 1.48.